The standard InChI is InChI=1S/C17H35N3O/c1-14(2)11-15(13-18)12-17(21)20(10-9-19(3)4)16-7-5-6-8-16/h14-16H,5-13,18H2,1-4H3/t15-/m0/s1. The van der Waals surface area contributed by atoms with Gasteiger partial charge in [-0.05, 0) is 51.7 Å². The Morgan fingerprint density at radius 3 is 2.29 bits per heavy atom. The molecule has 0 bridgehead atoms. The Kier molecular flexibility index (Phi) is 8.27. The summed E-state index contributed by atoms with van der Waals surface area (Å²) < 4.78 is 0. The highest BCUT2D eigenvalue weighted by atomic mass is 16.2. The van der Waals surface area contributed by atoms with Gasteiger partial charge in [-0.3, -0.25) is 4.79 Å². The van der Waals surface area contributed by atoms with Gasteiger partial charge in [-0.2, -0.15) is 0 Å². The summed E-state index contributed by atoms with van der Waals surface area (Å²) in [5.41, 5.74) is 5.87. The lowest BCUT2D eigenvalue weighted by molar-refractivity contribution is -0.134. The highest BCUT2D eigenvalue weighted by molar-refractivity contribution is 5.76. The molecule has 1 aliphatic rings. The Bertz CT molecular complexity index is 298. The maximum atomic E-state index is 12.7. The average molecular weight is 297 g/mol. The van der Waals surface area contributed by atoms with Crippen molar-refractivity contribution in [2.24, 2.45) is 17.6 Å². The van der Waals surface area contributed by atoms with Crippen molar-refractivity contribution in [3.8, 4) is 0 Å². The highest BCUT2D eigenvalue weighted by Gasteiger charge is 2.27. The number of carbonyl (C=O) groups excluding carboxylic acids is 1. The van der Waals surface area contributed by atoms with Gasteiger partial charge in [0, 0.05) is 25.6 Å². The van der Waals surface area contributed by atoms with Crippen LogP contribution in [0.15, 0.2) is 0 Å². The summed E-state index contributed by atoms with van der Waals surface area (Å²) >= 11 is 0. The molecule has 0 aliphatic heterocycles. The van der Waals surface area contributed by atoms with Gasteiger partial charge in [0.25, 0.3) is 0 Å². The topological polar surface area (TPSA) is 49.6 Å². The zero-order valence-corrected chi connectivity index (χ0v) is 14.5. The van der Waals surface area contributed by atoms with E-state index in [-0.39, 0.29) is 0 Å². The van der Waals surface area contributed by atoms with Gasteiger partial charge in [-0.15, -0.1) is 0 Å². The minimum absolute atomic E-state index is 0.319. The lowest BCUT2D eigenvalue weighted by Gasteiger charge is -2.31. The van der Waals surface area contributed by atoms with Gasteiger partial charge in [-0.1, -0.05) is 26.7 Å². The Balaban J connectivity index is 2.60. The maximum absolute atomic E-state index is 12.7. The lowest BCUT2D eigenvalue weighted by Crippen LogP contribution is -2.43. The third-order valence-corrected chi connectivity index (χ3v) is 4.48. The SMILES string of the molecule is CC(C)C[C@H](CN)CC(=O)N(CCN(C)C)C1CCCC1. The molecule has 21 heavy (non-hydrogen) atoms. The lowest BCUT2D eigenvalue weighted by atomic mass is 9.93. The first-order valence-corrected chi connectivity index (χ1v) is 8.58. The summed E-state index contributed by atoms with van der Waals surface area (Å²) in [6, 6.07) is 0.468. The van der Waals surface area contributed by atoms with Crippen molar-refractivity contribution < 1.29 is 4.79 Å². The second kappa shape index (κ2) is 9.42. The molecule has 0 unspecified atom stereocenters. The zero-order chi connectivity index (χ0) is 15.8. The fraction of sp³-hybridized carbons (Fsp3) is 0.941. The molecule has 2 N–H and O–H groups in total. The molecule has 1 rings (SSSR count). The summed E-state index contributed by atoms with van der Waals surface area (Å²) in [5.74, 6) is 1.26. The molecule has 0 aromatic rings. The van der Waals surface area contributed by atoms with E-state index in [0.29, 0.717) is 36.8 Å². The molecule has 0 heterocycles. The van der Waals surface area contributed by atoms with Crippen LogP contribution in [0.1, 0.15) is 52.4 Å². The Morgan fingerprint density at radius 2 is 1.81 bits per heavy atom. The van der Waals surface area contributed by atoms with Gasteiger partial charge >= 0.3 is 0 Å². The monoisotopic (exact) mass is 297 g/mol. The molecule has 1 atom stereocenters. The number of nitrogens with zero attached hydrogens (tertiary/aromatic N) is 2. The van der Waals surface area contributed by atoms with E-state index in [1.54, 1.807) is 0 Å². The summed E-state index contributed by atoms with van der Waals surface area (Å²) in [6.07, 6.45) is 6.56. The normalized spacial score (nSPS) is 17.7. The molecule has 4 heteroatoms. The molecule has 1 aliphatic carbocycles. The third kappa shape index (κ3) is 6.79. The summed E-state index contributed by atoms with van der Waals surface area (Å²) in [4.78, 5) is 17.1. The van der Waals surface area contributed by atoms with E-state index in [2.05, 4.69) is 37.7 Å². The summed E-state index contributed by atoms with van der Waals surface area (Å²) in [7, 11) is 4.14. The van der Waals surface area contributed by atoms with Gasteiger partial charge in [-0.25, -0.2) is 0 Å². The largest absolute Gasteiger partial charge is 0.338 e. The number of nitrogens with two attached hydrogens (primary N) is 1. The van der Waals surface area contributed by atoms with Crippen molar-refractivity contribution in [2.75, 3.05) is 33.7 Å². The minimum atomic E-state index is 0.319. The summed E-state index contributed by atoms with van der Waals surface area (Å²) in [6.45, 7) is 6.83. The first-order valence-electron chi connectivity index (χ1n) is 8.58. The molecule has 4 nitrogen and oxygen atoms in total. The van der Waals surface area contributed by atoms with E-state index >= 15 is 0 Å². The average Bonchev–Trinajstić information content (AvgIpc) is 2.91. The van der Waals surface area contributed by atoms with Gasteiger partial charge in [0.15, 0.2) is 0 Å². The molecule has 1 saturated carbocycles. The van der Waals surface area contributed by atoms with E-state index in [1.807, 2.05) is 0 Å². The Hall–Kier alpha value is -0.610. The van der Waals surface area contributed by atoms with E-state index < -0.39 is 0 Å². The van der Waals surface area contributed by atoms with E-state index in [0.717, 1.165) is 19.5 Å². The van der Waals surface area contributed by atoms with E-state index in [4.69, 9.17) is 5.73 Å². The molecule has 0 saturated heterocycles. The predicted molar refractivity (Wildman–Crippen MR) is 89.1 cm³/mol. The van der Waals surface area contributed by atoms with Gasteiger partial charge in [0.2, 0.25) is 5.91 Å². The minimum Gasteiger partial charge on any atom is -0.338 e. The highest BCUT2D eigenvalue weighted by Crippen LogP contribution is 2.25. The quantitative estimate of drug-likeness (QED) is 0.710. The number of amides is 1. The van der Waals surface area contributed by atoms with Crippen LogP contribution in [0.3, 0.4) is 0 Å². The first kappa shape index (κ1) is 18.4. The van der Waals surface area contributed by atoms with Crippen LogP contribution in [0.5, 0.6) is 0 Å². The molecule has 0 aromatic heterocycles. The van der Waals surface area contributed by atoms with Crippen LogP contribution in [-0.4, -0.2) is 55.5 Å². The number of hydrogen-bond donors (Lipinski definition) is 1. The van der Waals surface area contributed by atoms with Crippen LogP contribution in [-0.2, 0) is 4.79 Å². The van der Waals surface area contributed by atoms with Crippen LogP contribution < -0.4 is 5.73 Å². The fourth-order valence-electron chi connectivity index (χ4n) is 3.33. The molecule has 124 valence electrons. The number of likely N-dealkylation sites (N-methyl/N-ethyl adjacent to an activating group) is 1. The van der Waals surface area contributed by atoms with Crippen molar-refractivity contribution in [1.29, 1.82) is 0 Å². The van der Waals surface area contributed by atoms with Crippen molar-refractivity contribution in [2.45, 2.75) is 58.4 Å². The van der Waals surface area contributed by atoms with Gasteiger partial charge in [0.05, 0.1) is 0 Å². The van der Waals surface area contributed by atoms with Gasteiger partial charge in [0.1, 0.15) is 0 Å². The predicted octanol–water partition coefficient (Wildman–Crippen LogP) is 2.33. The number of rotatable bonds is 9. The molecule has 1 fully saturated rings. The van der Waals surface area contributed by atoms with Crippen LogP contribution in [0.4, 0.5) is 0 Å². The second-order valence-corrected chi connectivity index (χ2v) is 7.26. The van der Waals surface area contributed by atoms with Crippen molar-refractivity contribution in [3.63, 3.8) is 0 Å². The maximum Gasteiger partial charge on any atom is 0.223 e. The molecular formula is C17H35N3O. The van der Waals surface area contributed by atoms with Crippen LogP contribution in [0, 0.1) is 11.8 Å². The zero-order valence-electron chi connectivity index (χ0n) is 14.5. The molecule has 0 aromatic carbocycles. The molecule has 0 spiro atoms. The second-order valence-electron chi connectivity index (χ2n) is 7.26. The smallest absolute Gasteiger partial charge is 0.223 e. The third-order valence-electron chi connectivity index (χ3n) is 4.48. The van der Waals surface area contributed by atoms with Crippen molar-refractivity contribution >= 4 is 5.91 Å². The Labute approximate surface area is 131 Å². The van der Waals surface area contributed by atoms with Crippen LogP contribution >= 0.6 is 0 Å². The van der Waals surface area contributed by atoms with Crippen molar-refractivity contribution in [3.05, 3.63) is 0 Å². The van der Waals surface area contributed by atoms with E-state index in [9.17, 15) is 4.79 Å². The van der Waals surface area contributed by atoms with Crippen LogP contribution in [0.25, 0.3) is 0 Å². The molecule has 1 amide bonds. The Morgan fingerprint density at radius 1 is 1.19 bits per heavy atom. The van der Waals surface area contributed by atoms with Crippen LogP contribution in [0.2, 0.25) is 0 Å². The van der Waals surface area contributed by atoms with Gasteiger partial charge < -0.3 is 15.5 Å². The first-order chi connectivity index (χ1) is 9.93. The number of hydrogen-bond acceptors (Lipinski definition) is 3. The number of carbonyl (C=O) groups is 1. The molecule has 0 radical (unpaired) electrons. The molecular weight excluding hydrogens is 262 g/mol. The van der Waals surface area contributed by atoms with Crippen molar-refractivity contribution in [1.82, 2.24) is 9.80 Å². The van der Waals surface area contributed by atoms with E-state index in [1.165, 1.54) is 25.7 Å². The fourth-order valence-corrected chi connectivity index (χ4v) is 3.33. The summed E-state index contributed by atoms with van der Waals surface area (Å²) in [5, 5.41) is 0.